The molecule has 1 fully saturated rings. The highest BCUT2D eigenvalue weighted by molar-refractivity contribution is 7.98. The summed E-state index contributed by atoms with van der Waals surface area (Å²) in [7, 11) is -7.97. The van der Waals surface area contributed by atoms with Crippen molar-refractivity contribution in [2.24, 2.45) is 0 Å². The highest BCUT2D eigenvalue weighted by atomic mass is 32.2. The van der Waals surface area contributed by atoms with Gasteiger partial charge in [0.1, 0.15) is 6.04 Å². The molecule has 0 unspecified atom stereocenters. The number of hydrogen-bond donors (Lipinski definition) is 1. The van der Waals surface area contributed by atoms with Crippen LogP contribution in [0.15, 0.2) is 99.6 Å². The SMILES string of the molecule is CSc1cccc(NC(=O)[C@H]2CN(S(=O)(=O)c3ccccc3)CCN2S(=O)(=O)c2ccccc2)c1. The molecule has 0 aliphatic carbocycles. The molecular weight excluding hydrogens is 506 g/mol. The minimum Gasteiger partial charge on any atom is -0.325 e. The van der Waals surface area contributed by atoms with E-state index in [9.17, 15) is 21.6 Å². The minimum atomic E-state index is -4.05. The first-order chi connectivity index (χ1) is 16.7. The molecule has 0 aromatic heterocycles. The Bertz CT molecular complexity index is 1400. The molecule has 1 N–H and O–H groups in total. The van der Waals surface area contributed by atoms with Gasteiger partial charge in [-0.05, 0) is 48.7 Å². The standard InChI is InChI=1S/C24H25N3O5S3/c1-33-20-10-8-9-19(17-20)25-24(28)23-18-26(34(29,30)21-11-4-2-5-12-21)15-16-27(23)35(31,32)22-13-6-3-7-14-22/h2-14,17,23H,15-16,18H2,1H3,(H,25,28)/t23-/m1/s1. The van der Waals surface area contributed by atoms with Crippen molar-refractivity contribution in [1.82, 2.24) is 8.61 Å². The number of hydrogen-bond acceptors (Lipinski definition) is 6. The number of piperazine rings is 1. The zero-order chi connectivity index (χ0) is 25.1. The van der Waals surface area contributed by atoms with E-state index in [0.29, 0.717) is 5.69 Å². The van der Waals surface area contributed by atoms with Crippen LogP contribution in [0.25, 0.3) is 0 Å². The van der Waals surface area contributed by atoms with Gasteiger partial charge in [-0.2, -0.15) is 8.61 Å². The van der Waals surface area contributed by atoms with Crippen molar-refractivity contribution in [2.75, 3.05) is 31.2 Å². The van der Waals surface area contributed by atoms with E-state index in [0.717, 1.165) is 9.20 Å². The van der Waals surface area contributed by atoms with Crippen LogP contribution in [0.3, 0.4) is 0 Å². The van der Waals surface area contributed by atoms with E-state index in [1.165, 1.54) is 40.3 Å². The predicted octanol–water partition coefficient (Wildman–Crippen LogP) is 3.11. The molecule has 3 aromatic carbocycles. The number of nitrogens with zero attached hydrogens (tertiary/aromatic N) is 2. The normalized spacial score (nSPS) is 17.7. The number of sulfonamides is 2. The van der Waals surface area contributed by atoms with Crippen LogP contribution in [-0.4, -0.2) is 63.3 Å². The van der Waals surface area contributed by atoms with E-state index >= 15 is 0 Å². The topological polar surface area (TPSA) is 104 Å². The maximum absolute atomic E-state index is 13.5. The molecule has 4 rings (SSSR count). The fourth-order valence-electron chi connectivity index (χ4n) is 3.86. The minimum absolute atomic E-state index is 0.0431. The number of rotatable bonds is 7. The van der Waals surface area contributed by atoms with Gasteiger partial charge in [0.15, 0.2) is 0 Å². The van der Waals surface area contributed by atoms with Crippen LogP contribution in [-0.2, 0) is 24.8 Å². The number of amides is 1. The predicted molar refractivity (Wildman–Crippen MR) is 136 cm³/mol. The van der Waals surface area contributed by atoms with Gasteiger partial charge in [-0.1, -0.05) is 42.5 Å². The first kappa shape index (κ1) is 25.4. The highest BCUT2D eigenvalue weighted by Crippen LogP contribution is 2.26. The fourth-order valence-corrected chi connectivity index (χ4v) is 7.37. The first-order valence-electron chi connectivity index (χ1n) is 10.8. The van der Waals surface area contributed by atoms with Gasteiger partial charge in [-0.25, -0.2) is 16.8 Å². The summed E-state index contributed by atoms with van der Waals surface area (Å²) in [5.41, 5.74) is 0.502. The number of anilines is 1. The molecule has 11 heteroatoms. The lowest BCUT2D eigenvalue weighted by atomic mass is 10.2. The third-order valence-corrected chi connectivity index (χ3v) is 10.2. The molecule has 0 spiro atoms. The molecular formula is C24H25N3O5S3. The van der Waals surface area contributed by atoms with Gasteiger partial charge in [0.2, 0.25) is 26.0 Å². The molecule has 1 amide bonds. The van der Waals surface area contributed by atoms with Gasteiger partial charge >= 0.3 is 0 Å². The molecule has 1 aliphatic heterocycles. The lowest BCUT2D eigenvalue weighted by molar-refractivity contribution is -0.120. The molecule has 1 saturated heterocycles. The summed E-state index contributed by atoms with van der Waals surface area (Å²) in [6, 6.07) is 21.6. The van der Waals surface area contributed by atoms with Crippen LogP contribution in [0, 0.1) is 0 Å². The second kappa shape index (κ2) is 10.5. The quantitative estimate of drug-likeness (QED) is 0.470. The number of thioether (sulfide) groups is 1. The van der Waals surface area contributed by atoms with Crippen molar-refractivity contribution in [1.29, 1.82) is 0 Å². The van der Waals surface area contributed by atoms with E-state index < -0.39 is 32.0 Å². The summed E-state index contributed by atoms with van der Waals surface area (Å²) in [6.45, 7) is -0.543. The van der Waals surface area contributed by atoms with Crippen LogP contribution < -0.4 is 5.32 Å². The summed E-state index contributed by atoms with van der Waals surface area (Å²) < 4.78 is 55.7. The average Bonchev–Trinajstić information content (AvgIpc) is 2.89. The summed E-state index contributed by atoms with van der Waals surface area (Å²) in [6.07, 6.45) is 1.91. The van der Waals surface area contributed by atoms with E-state index in [1.54, 1.807) is 54.6 Å². The largest absolute Gasteiger partial charge is 0.325 e. The van der Waals surface area contributed by atoms with Gasteiger partial charge in [-0.3, -0.25) is 4.79 Å². The molecule has 0 bridgehead atoms. The van der Waals surface area contributed by atoms with Crippen LogP contribution in [0.2, 0.25) is 0 Å². The smallest absolute Gasteiger partial charge is 0.244 e. The Morgan fingerprint density at radius 3 is 2.03 bits per heavy atom. The van der Waals surface area contributed by atoms with Crippen molar-refractivity contribution < 1.29 is 21.6 Å². The molecule has 1 aliphatic rings. The summed E-state index contributed by atoms with van der Waals surface area (Å²) in [4.78, 5) is 14.5. The van der Waals surface area contributed by atoms with Crippen molar-refractivity contribution in [3.8, 4) is 0 Å². The van der Waals surface area contributed by atoms with Crippen LogP contribution in [0.5, 0.6) is 0 Å². The van der Waals surface area contributed by atoms with Gasteiger partial charge in [0, 0.05) is 30.2 Å². The maximum atomic E-state index is 13.5. The zero-order valence-electron chi connectivity index (χ0n) is 18.9. The fraction of sp³-hybridized carbons (Fsp3) is 0.208. The number of nitrogens with one attached hydrogen (secondary N) is 1. The Morgan fingerprint density at radius 2 is 1.43 bits per heavy atom. The van der Waals surface area contributed by atoms with Gasteiger partial charge < -0.3 is 5.32 Å². The first-order valence-corrected chi connectivity index (χ1v) is 14.9. The molecule has 0 saturated carbocycles. The van der Waals surface area contributed by atoms with Crippen LogP contribution in [0.4, 0.5) is 5.69 Å². The third kappa shape index (κ3) is 5.44. The number of benzene rings is 3. The second-order valence-corrected chi connectivity index (χ2v) is 12.6. The third-order valence-electron chi connectivity index (χ3n) is 5.66. The number of carbonyl (C=O) groups is 1. The highest BCUT2D eigenvalue weighted by Gasteiger charge is 2.43. The molecule has 8 nitrogen and oxygen atoms in total. The van der Waals surface area contributed by atoms with Crippen molar-refractivity contribution in [3.63, 3.8) is 0 Å². The Labute approximate surface area is 210 Å². The number of carbonyl (C=O) groups excluding carboxylic acids is 1. The van der Waals surface area contributed by atoms with Crippen LogP contribution >= 0.6 is 11.8 Å². The summed E-state index contributed by atoms with van der Waals surface area (Å²) in [5, 5.41) is 2.77. The van der Waals surface area contributed by atoms with Gasteiger partial charge in [0.25, 0.3) is 0 Å². The second-order valence-electron chi connectivity index (χ2n) is 7.84. The van der Waals surface area contributed by atoms with E-state index in [-0.39, 0.29) is 29.4 Å². The Kier molecular flexibility index (Phi) is 7.62. The molecule has 1 atom stereocenters. The van der Waals surface area contributed by atoms with E-state index in [1.807, 2.05) is 12.3 Å². The summed E-state index contributed by atoms with van der Waals surface area (Å²) in [5.74, 6) is -0.601. The lowest BCUT2D eigenvalue weighted by Crippen LogP contribution is -2.60. The molecule has 0 radical (unpaired) electrons. The monoisotopic (exact) mass is 531 g/mol. The maximum Gasteiger partial charge on any atom is 0.244 e. The zero-order valence-corrected chi connectivity index (χ0v) is 21.4. The van der Waals surface area contributed by atoms with Gasteiger partial charge in [-0.15, -0.1) is 11.8 Å². The molecule has 3 aromatic rings. The Hall–Kier alpha value is -2.70. The molecule has 35 heavy (non-hydrogen) atoms. The van der Waals surface area contributed by atoms with E-state index in [4.69, 9.17) is 0 Å². The molecule has 184 valence electrons. The van der Waals surface area contributed by atoms with Gasteiger partial charge in [0.05, 0.1) is 9.79 Å². The average molecular weight is 532 g/mol. The van der Waals surface area contributed by atoms with Crippen molar-refractivity contribution >= 4 is 43.4 Å². The van der Waals surface area contributed by atoms with Crippen molar-refractivity contribution in [2.45, 2.75) is 20.7 Å². The lowest BCUT2D eigenvalue weighted by Gasteiger charge is -2.38. The van der Waals surface area contributed by atoms with Crippen LogP contribution in [0.1, 0.15) is 0 Å². The van der Waals surface area contributed by atoms with Crippen molar-refractivity contribution in [3.05, 3.63) is 84.9 Å². The Morgan fingerprint density at radius 1 is 0.829 bits per heavy atom. The summed E-state index contributed by atoms with van der Waals surface area (Å²) >= 11 is 1.50. The Balaban J connectivity index is 1.68. The molecule has 1 heterocycles. The van der Waals surface area contributed by atoms with E-state index in [2.05, 4.69) is 5.32 Å².